The maximum atomic E-state index is 11.7. The molecule has 0 aliphatic rings. The molecule has 3 N–H and O–H groups in total. The molecule has 150 valence electrons. The van der Waals surface area contributed by atoms with Crippen LogP contribution in [-0.2, 0) is 0 Å². The predicted octanol–water partition coefficient (Wildman–Crippen LogP) is 3.76. The van der Waals surface area contributed by atoms with Crippen LogP contribution in [0.3, 0.4) is 0 Å². The number of aromatic amines is 1. The summed E-state index contributed by atoms with van der Waals surface area (Å²) < 4.78 is 5.83. The van der Waals surface area contributed by atoms with Gasteiger partial charge in [0, 0.05) is 43.2 Å². The molecule has 1 amide bonds. The number of anilines is 2. The predicted molar refractivity (Wildman–Crippen MR) is 110 cm³/mol. The number of fused-ring (bicyclic) bond motifs is 1. The van der Waals surface area contributed by atoms with E-state index in [0.29, 0.717) is 28.7 Å². The number of ether oxygens (including phenoxy) is 1. The van der Waals surface area contributed by atoms with E-state index in [4.69, 9.17) is 4.74 Å². The summed E-state index contributed by atoms with van der Waals surface area (Å²) >= 11 is 0. The molecule has 0 aliphatic heterocycles. The summed E-state index contributed by atoms with van der Waals surface area (Å²) in [7, 11) is 1.53. The largest absolute Gasteiger partial charge is 0.457 e. The molecule has 4 rings (SSSR count). The molecule has 0 atom stereocenters. The summed E-state index contributed by atoms with van der Waals surface area (Å²) in [6.45, 7) is 0. The first-order valence-corrected chi connectivity index (χ1v) is 8.89. The first kappa shape index (κ1) is 18.9. The number of benzene rings is 2. The van der Waals surface area contributed by atoms with Crippen molar-refractivity contribution in [3.8, 4) is 11.5 Å². The number of hydrogen-bond donors (Lipinski definition) is 3. The molecule has 0 radical (unpaired) electrons. The highest BCUT2D eigenvalue weighted by Crippen LogP contribution is 2.27. The highest BCUT2D eigenvalue weighted by molar-refractivity contribution is 5.92. The summed E-state index contributed by atoms with van der Waals surface area (Å²) in [5.41, 5.74) is 2.38. The monoisotopic (exact) mass is 404 g/mol. The van der Waals surface area contributed by atoms with Gasteiger partial charge in [0.05, 0.1) is 16.0 Å². The third kappa shape index (κ3) is 4.02. The summed E-state index contributed by atoms with van der Waals surface area (Å²) in [6.07, 6.45) is 1.50. The zero-order valence-electron chi connectivity index (χ0n) is 15.7. The molecule has 0 unspecified atom stereocenters. The van der Waals surface area contributed by atoms with Gasteiger partial charge in [-0.3, -0.25) is 19.9 Å². The lowest BCUT2D eigenvalue weighted by atomic mass is 10.3. The Kier molecular flexibility index (Phi) is 4.95. The molecule has 2 aromatic heterocycles. The van der Waals surface area contributed by atoms with E-state index in [1.807, 2.05) is 0 Å². The Bertz CT molecular complexity index is 1240. The van der Waals surface area contributed by atoms with Gasteiger partial charge in [-0.05, 0) is 30.3 Å². The van der Waals surface area contributed by atoms with E-state index in [1.54, 1.807) is 42.5 Å². The number of nitro groups is 1. The lowest BCUT2D eigenvalue weighted by Crippen LogP contribution is -2.18. The van der Waals surface area contributed by atoms with Gasteiger partial charge in [-0.2, -0.15) is 0 Å². The molecular formula is C20H16N6O4. The molecule has 0 spiro atoms. The van der Waals surface area contributed by atoms with Crippen LogP contribution in [0.2, 0.25) is 0 Å². The number of nitrogens with one attached hydrogen (secondary N) is 3. The molecule has 0 aliphatic carbocycles. The van der Waals surface area contributed by atoms with E-state index >= 15 is 0 Å². The summed E-state index contributed by atoms with van der Waals surface area (Å²) in [5, 5.41) is 16.3. The molecule has 30 heavy (non-hydrogen) atoms. The summed E-state index contributed by atoms with van der Waals surface area (Å²) in [6, 6.07) is 14.6. The maximum absolute atomic E-state index is 11.7. The summed E-state index contributed by atoms with van der Waals surface area (Å²) in [4.78, 5) is 33.6. The Labute approximate surface area is 170 Å². The van der Waals surface area contributed by atoms with Crippen molar-refractivity contribution in [2.45, 2.75) is 0 Å². The molecule has 2 heterocycles. The molecule has 0 fully saturated rings. The maximum Gasteiger partial charge on any atom is 0.269 e. The smallest absolute Gasteiger partial charge is 0.269 e. The molecule has 0 saturated heterocycles. The zero-order chi connectivity index (χ0) is 21.1. The van der Waals surface area contributed by atoms with Gasteiger partial charge in [-0.25, -0.2) is 4.98 Å². The number of non-ortho nitro benzene ring substituents is 1. The van der Waals surface area contributed by atoms with Crippen molar-refractivity contribution in [3.63, 3.8) is 0 Å². The van der Waals surface area contributed by atoms with Gasteiger partial charge >= 0.3 is 0 Å². The van der Waals surface area contributed by atoms with E-state index in [9.17, 15) is 14.9 Å². The van der Waals surface area contributed by atoms with Crippen molar-refractivity contribution < 1.29 is 14.5 Å². The number of nitro benzene ring substituents is 1. The van der Waals surface area contributed by atoms with Crippen LogP contribution < -0.4 is 15.4 Å². The lowest BCUT2D eigenvalue weighted by molar-refractivity contribution is -0.384. The van der Waals surface area contributed by atoms with E-state index in [0.717, 1.165) is 5.52 Å². The molecule has 0 bridgehead atoms. The normalized spacial score (nSPS) is 10.6. The Morgan fingerprint density at radius 1 is 1.10 bits per heavy atom. The minimum absolute atomic E-state index is 0.0163. The first-order valence-electron chi connectivity index (χ1n) is 8.89. The van der Waals surface area contributed by atoms with Crippen LogP contribution in [0.15, 0.2) is 60.8 Å². The van der Waals surface area contributed by atoms with Crippen molar-refractivity contribution in [1.29, 1.82) is 0 Å². The quantitative estimate of drug-likeness (QED) is 0.329. The number of amides is 1. The topological polar surface area (TPSA) is 135 Å². The van der Waals surface area contributed by atoms with Gasteiger partial charge in [-0.1, -0.05) is 0 Å². The third-order valence-corrected chi connectivity index (χ3v) is 4.22. The van der Waals surface area contributed by atoms with Crippen LogP contribution in [0.1, 0.15) is 10.5 Å². The van der Waals surface area contributed by atoms with Crippen LogP contribution >= 0.6 is 0 Å². The molecule has 4 aromatic rings. The van der Waals surface area contributed by atoms with Crippen LogP contribution in [-0.4, -0.2) is 32.8 Å². The van der Waals surface area contributed by atoms with Gasteiger partial charge in [-0.15, -0.1) is 0 Å². The van der Waals surface area contributed by atoms with E-state index in [2.05, 4.69) is 25.6 Å². The number of nitrogens with zero attached hydrogens (tertiary/aromatic N) is 3. The molecule has 10 heteroatoms. The standard InChI is InChI=1S/C20H16N6O4/c1-21-19(27)18-11-15(8-9-22-18)30-14-6-7-16-17(10-14)25-20(24-16)23-12-2-4-13(5-3-12)26(28)29/h2-11H,1H3,(H,21,27)(H2,23,24,25). The fraction of sp³-hybridized carbons (Fsp3) is 0.0500. The highest BCUT2D eigenvalue weighted by atomic mass is 16.6. The minimum Gasteiger partial charge on any atom is -0.457 e. The van der Waals surface area contributed by atoms with Gasteiger partial charge in [0.25, 0.3) is 11.6 Å². The van der Waals surface area contributed by atoms with Gasteiger partial charge in [0.2, 0.25) is 5.95 Å². The Hall–Kier alpha value is -4.47. The third-order valence-electron chi connectivity index (χ3n) is 4.22. The second kappa shape index (κ2) is 7.87. The van der Waals surface area contributed by atoms with Gasteiger partial charge in [0.1, 0.15) is 17.2 Å². The van der Waals surface area contributed by atoms with E-state index in [-0.39, 0.29) is 17.3 Å². The summed E-state index contributed by atoms with van der Waals surface area (Å²) in [5.74, 6) is 1.22. The minimum atomic E-state index is -0.451. The molecule has 10 nitrogen and oxygen atoms in total. The van der Waals surface area contributed by atoms with E-state index < -0.39 is 4.92 Å². The average Bonchev–Trinajstić information content (AvgIpc) is 3.15. The van der Waals surface area contributed by atoms with Crippen molar-refractivity contribution in [3.05, 3.63) is 76.6 Å². The molecule has 0 saturated carbocycles. The Balaban J connectivity index is 1.52. The number of carbonyl (C=O) groups excluding carboxylic acids is 1. The number of H-pyrrole nitrogens is 1. The van der Waals surface area contributed by atoms with E-state index in [1.165, 1.54) is 25.4 Å². The van der Waals surface area contributed by atoms with Crippen molar-refractivity contribution in [2.75, 3.05) is 12.4 Å². The Morgan fingerprint density at radius 3 is 2.60 bits per heavy atom. The van der Waals surface area contributed by atoms with Gasteiger partial charge in [0.15, 0.2) is 0 Å². The van der Waals surface area contributed by atoms with Crippen LogP contribution in [0.25, 0.3) is 11.0 Å². The van der Waals surface area contributed by atoms with Crippen LogP contribution in [0.5, 0.6) is 11.5 Å². The van der Waals surface area contributed by atoms with Crippen molar-refractivity contribution in [1.82, 2.24) is 20.3 Å². The average molecular weight is 404 g/mol. The fourth-order valence-electron chi connectivity index (χ4n) is 2.78. The number of pyridine rings is 1. The molecule has 2 aromatic carbocycles. The van der Waals surface area contributed by atoms with Crippen molar-refractivity contribution >= 4 is 34.3 Å². The number of carbonyl (C=O) groups is 1. The zero-order valence-corrected chi connectivity index (χ0v) is 15.7. The lowest BCUT2D eigenvalue weighted by Gasteiger charge is -2.06. The first-order chi connectivity index (χ1) is 14.5. The number of hydrogen-bond acceptors (Lipinski definition) is 7. The Morgan fingerprint density at radius 2 is 1.87 bits per heavy atom. The number of imidazole rings is 1. The SMILES string of the molecule is CNC(=O)c1cc(Oc2ccc3nc(Nc4ccc([N+](=O)[O-])cc4)[nH]c3c2)ccn1. The van der Waals surface area contributed by atoms with Crippen molar-refractivity contribution in [2.24, 2.45) is 0 Å². The fourth-order valence-corrected chi connectivity index (χ4v) is 2.78. The molecular weight excluding hydrogens is 388 g/mol. The second-order valence-corrected chi connectivity index (χ2v) is 6.25. The second-order valence-electron chi connectivity index (χ2n) is 6.25. The number of aromatic nitrogens is 3. The van der Waals surface area contributed by atoms with Crippen LogP contribution in [0.4, 0.5) is 17.3 Å². The van der Waals surface area contributed by atoms with Crippen LogP contribution in [0, 0.1) is 10.1 Å². The van der Waals surface area contributed by atoms with Gasteiger partial charge < -0.3 is 20.4 Å². The highest BCUT2D eigenvalue weighted by Gasteiger charge is 2.09. The number of rotatable bonds is 6.